The Morgan fingerprint density at radius 1 is 1.17 bits per heavy atom. The van der Waals surface area contributed by atoms with Crippen molar-refractivity contribution >= 4 is 22.7 Å². The first-order valence-corrected chi connectivity index (χ1v) is 9.09. The lowest BCUT2D eigenvalue weighted by Crippen LogP contribution is -2.27. The summed E-state index contributed by atoms with van der Waals surface area (Å²) in [5.74, 6) is 0.491. The standard InChI is InChI=1S/C21H17N7O2/c1-12(25-18-13(10-22)11-24-21(23)27-18)19-26-15-8-5-9-16(29)17(15)20(30)28(19)14-6-3-2-4-7-14/h2-9,11-12,29H,1H3,(H3,23,24,25,27). The first kappa shape index (κ1) is 18.9. The molecule has 1 unspecified atom stereocenters. The van der Waals surface area contributed by atoms with E-state index in [2.05, 4.69) is 20.3 Å². The van der Waals surface area contributed by atoms with Crippen LogP contribution < -0.4 is 16.6 Å². The second-order valence-corrected chi connectivity index (χ2v) is 6.59. The molecule has 0 spiro atoms. The predicted octanol–water partition coefficient (Wildman–Crippen LogP) is 2.51. The molecule has 0 radical (unpaired) electrons. The summed E-state index contributed by atoms with van der Waals surface area (Å²) in [5.41, 5.74) is 6.42. The van der Waals surface area contributed by atoms with E-state index in [4.69, 9.17) is 5.73 Å². The van der Waals surface area contributed by atoms with Gasteiger partial charge in [-0.05, 0) is 31.2 Å². The number of nitrogens with zero attached hydrogens (tertiary/aromatic N) is 5. The van der Waals surface area contributed by atoms with Crippen LogP contribution in [0.2, 0.25) is 0 Å². The van der Waals surface area contributed by atoms with Crippen molar-refractivity contribution in [2.75, 3.05) is 11.1 Å². The number of nitrogens with one attached hydrogen (secondary N) is 1. The summed E-state index contributed by atoms with van der Waals surface area (Å²) in [6.45, 7) is 1.79. The van der Waals surface area contributed by atoms with Crippen molar-refractivity contribution in [2.24, 2.45) is 0 Å². The van der Waals surface area contributed by atoms with Crippen molar-refractivity contribution in [3.05, 3.63) is 76.5 Å². The van der Waals surface area contributed by atoms with Crippen LogP contribution in [0.3, 0.4) is 0 Å². The number of nitrogen functional groups attached to an aromatic ring is 1. The number of nitrogens with two attached hydrogens (primary N) is 1. The highest BCUT2D eigenvalue weighted by atomic mass is 16.3. The van der Waals surface area contributed by atoms with E-state index in [1.807, 2.05) is 12.1 Å². The molecule has 4 N–H and O–H groups in total. The van der Waals surface area contributed by atoms with Crippen molar-refractivity contribution in [3.8, 4) is 17.5 Å². The van der Waals surface area contributed by atoms with Gasteiger partial charge < -0.3 is 16.2 Å². The molecule has 0 saturated heterocycles. The molecule has 0 saturated carbocycles. The third kappa shape index (κ3) is 3.27. The zero-order valence-corrected chi connectivity index (χ0v) is 15.9. The molecule has 0 fully saturated rings. The van der Waals surface area contributed by atoms with Gasteiger partial charge in [-0.2, -0.15) is 10.2 Å². The number of aromatic nitrogens is 4. The van der Waals surface area contributed by atoms with E-state index in [0.29, 0.717) is 17.0 Å². The topological polar surface area (TPSA) is 143 Å². The number of hydrogen-bond acceptors (Lipinski definition) is 8. The van der Waals surface area contributed by atoms with Crippen LogP contribution in [0.25, 0.3) is 16.6 Å². The minimum atomic E-state index is -0.536. The Kier molecular flexibility index (Phi) is 4.74. The maximum atomic E-state index is 13.3. The average molecular weight is 399 g/mol. The molecule has 2 aromatic carbocycles. The SMILES string of the molecule is CC(Nc1nc(N)ncc1C#N)c1nc2cccc(O)c2c(=O)n1-c1ccccc1. The molecule has 4 rings (SSSR count). The van der Waals surface area contributed by atoms with Crippen molar-refractivity contribution < 1.29 is 5.11 Å². The Morgan fingerprint density at radius 3 is 2.67 bits per heavy atom. The number of rotatable bonds is 4. The van der Waals surface area contributed by atoms with Crippen LogP contribution in [0.5, 0.6) is 5.75 Å². The Labute approximate surface area is 171 Å². The van der Waals surface area contributed by atoms with Gasteiger partial charge in [0.2, 0.25) is 5.95 Å². The fraction of sp³-hybridized carbons (Fsp3) is 0.0952. The number of phenols is 1. The van der Waals surface area contributed by atoms with Gasteiger partial charge >= 0.3 is 0 Å². The highest BCUT2D eigenvalue weighted by Crippen LogP contribution is 2.25. The van der Waals surface area contributed by atoms with E-state index in [1.165, 1.54) is 16.8 Å². The lowest BCUT2D eigenvalue weighted by atomic mass is 10.2. The third-order valence-electron chi connectivity index (χ3n) is 4.58. The summed E-state index contributed by atoms with van der Waals surface area (Å²) in [5, 5.41) is 22.8. The van der Waals surface area contributed by atoms with E-state index in [0.717, 1.165) is 0 Å². The molecule has 0 aliphatic carbocycles. The Morgan fingerprint density at radius 2 is 1.93 bits per heavy atom. The smallest absolute Gasteiger partial charge is 0.269 e. The number of para-hydroxylation sites is 1. The zero-order chi connectivity index (χ0) is 21.3. The van der Waals surface area contributed by atoms with Crippen LogP contribution in [0.1, 0.15) is 24.4 Å². The normalized spacial score (nSPS) is 11.7. The molecule has 2 heterocycles. The van der Waals surface area contributed by atoms with Gasteiger partial charge in [-0.15, -0.1) is 0 Å². The van der Waals surface area contributed by atoms with Gasteiger partial charge in [-0.1, -0.05) is 24.3 Å². The summed E-state index contributed by atoms with van der Waals surface area (Å²) in [6.07, 6.45) is 1.33. The fourth-order valence-corrected chi connectivity index (χ4v) is 3.20. The van der Waals surface area contributed by atoms with Gasteiger partial charge in [-0.25, -0.2) is 9.97 Å². The Bertz CT molecular complexity index is 1340. The molecule has 148 valence electrons. The van der Waals surface area contributed by atoms with E-state index < -0.39 is 11.6 Å². The largest absolute Gasteiger partial charge is 0.507 e. The lowest BCUT2D eigenvalue weighted by molar-refractivity contribution is 0.480. The maximum Gasteiger partial charge on any atom is 0.269 e. The monoisotopic (exact) mass is 399 g/mol. The molecule has 30 heavy (non-hydrogen) atoms. The lowest BCUT2D eigenvalue weighted by Gasteiger charge is -2.20. The number of anilines is 2. The second-order valence-electron chi connectivity index (χ2n) is 6.59. The molecule has 4 aromatic rings. The summed E-state index contributed by atoms with van der Waals surface area (Å²) in [7, 11) is 0. The summed E-state index contributed by atoms with van der Waals surface area (Å²) >= 11 is 0. The van der Waals surface area contributed by atoms with Crippen LogP contribution >= 0.6 is 0 Å². The molecule has 0 aliphatic rings. The Balaban J connectivity index is 1.93. The van der Waals surface area contributed by atoms with Gasteiger partial charge in [0.15, 0.2) is 0 Å². The van der Waals surface area contributed by atoms with Crippen molar-refractivity contribution in [2.45, 2.75) is 13.0 Å². The molecular weight excluding hydrogens is 382 g/mol. The van der Waals surface area contributed by atoms with Gasteiger partial charge in [0, 0.05) is 0 Å². The summed E-state index contributed by atoms with van der Waals surface area (Å²) in [4.78, 5) is 25.9. The molecule has 0 bridgehead atoms. The van der Waals surface area contributed by atoms with Crippen LogP contribution in [0.15, 0.2) is 59.5 Å². The van der Waals surface area contributed by atoms with Gasteiger partial charge in [0.1, 0.15) is 34.4 Å². The average Bonchev–Trinajstić information content (AvgIpc) is 2.74. The van der Waals surface area contributed by atoms with Crippen molar-refractivity contribution in [3.63, 3.8) is 0 Å². The first-order valence-electron chi connectivity index (χ1n) is 9.09. The molecule has 0 amide bonds. The van der Waals surface area contributed by atoms with Gasteiger partial charge in [0.05, 0.1) is 23.4 Å². The van der Waals surface area contributed by atoms with Gasteiger partial charge in [-0.3, -0.25) is 9.36 Å². The van der Waals surface area contributed by atoms with E-state index in [9.17, 15) is 15.2 Å². The Hall–Kier alpha value is -4.45. The highest BCUT2D eigenvalue weighted by molar-refractivity contribution is 5.84. The highest BCUT2D eigenvalue weighted by Gasteiger charge is 2.21. The molecule has 9 heteroatoms. The second kappa shape index (κ2) is 7.52. The minimum absolute atomic E-state index is 0.0144. The number of hydrogen-bond donors (Lipinski definition) is 3. The minimum Gasteiger partial charge on any atom is -0.507 e. The van der Waals surface area contributed by atoms with Crippen molar-refractivity contribution in [1.29, 1.82) is 5.26 Å². The molecule has 9 nitrogen and oxygen atoms in total. The predicted molar refractivity (Wildman–Crippen MR) is 112 cm³/mol. The molecule has 1 atom stereocenters. The molecule has 0 aliphatic heterocycles. The summed E-state index contributed by atoms with van der Waals surface area (Å²) < 4.78 is 1.43. The summed E-state index contributed by atoms with van der Waals surface area (Å²) in [6, 6.07) is 15.2. The van der Waals surface area contributed by atoms with E-state index in [-0.39, 0.29) is 28.5 Å². The van der Waals surface area contributed by atoms with Crippen LogP contribution in [0, 0.1) is 11.3 Å². The van der Waals surface area contributed by atoms with E-state index >= 15 is 0 Å². The number of fused-ring (bicyclic) bond motifs is 1. The van der Waals surface area contributed by atoms with Crippen LogP contribution in [-0.4, -0.2) is 24.6 Å². The number of nitriles is 1. The number of phenolic OH excluding ortho intramolecular Hbond substituents is 1. The van der Waals surface area contributed by atoms with Gasteiger partial charge in [0.25, 0.3) is 5.56 Å². The first-order chi connectivity index (χ1) is 14.5. The third-order valence-corrected chi connectivity index (χ3v) is 4.58. The number of aromatic hydroxyl groups is 1. The van der Waals surface area contributed by atoms with E-state index in [1.54, 1.807) is 43.3 Å². The molecular formula is C21H17N7O2. The fourth-order valence-electron chi connectivity index (χ4n) is 3.20. The van der Waals surface area contributed by atoms with Crippen LogP contribution in [-0.2, 0) is 0 Å². The molecule has 2 aromatic heterocycles. The van der Waals surface area contributed by atoms with Crippen LogP contribution in [0.4, 0.5) is 11.8 Å². The zero-order valence-electron chi connectivity index (χ0n) is 15.9. The maximum absolute atomic E-state index is 13.3. The van der Waals surface area contributed by atoms with Crippen molar-refractivity contribution in [1.82, 2.24) is 19.5 Å². The quantitative estimate of drug-likeness (QED) is 0.475. The number of benzene rings is 2.